The minimum Gasteiger partial charge on any atom is -0.295 e. The third kappa shape index (κ3) is 5.41. The molecule has 0 aromatic carbocycles. The molecule has 1 heteroatoms. The minimum atomic E-state index is 0.0712. The van der Waals surface area contributed by atoms with Crippen LogP contribution >= 0.6 is 0 Å². The lowest BCUT2D eigenvalue weighted by Gasteiger charge is -1.72. The fourth-order valence-corrected chi connectivity index (χ4v) is 0.246. The molecule has 0 saturated carbocycles. The van der Waals surface area contributed by atoms with Gasteiger partial charge in [-0.2, -0.15) is 0 Å². The molecule has 0 aromatic heterocycles. The third-order valence-electron chi connectivity index (χ3n) is 0.509. The van der Waals surface area contributed by atoms with E-state index in [-0.39, 0.29) is 5.78 Å². The zero-order valence-electron chi connectivity index (χ0n) is 4.69. The van der Waals surface area contributed by atoms with Gasteiger partial charge in [-0.15, -0.1) is 0 Å². The number of hydrogen-bond acceptors (Lipinski definition) is 1. The molecule has 0 heterocycles. The quantitative estimate of drug-likeness (QED) is 0.475. The van der Waals surface area contributed by atoms with Gasteiger partial charge in [0.1, 0.15) is 0 Å². The van der Waals surface area contributed by atoms with Crippen LogP contribution in [-0.4, -0.2) is 5.78 Å². The van der Waals surface area contributed by atoms with Gasteiger partial charge in [-0.05, 0) is 25.5 Å². The lowest BCUT2D eigenvalue weighted by Crippen LogP contribution is -1.78. The lowest BCUT2D eigenvalue weighted by atomic mass is 10.3. The summed E-state index contributed by atoms with van der Waals surface area (Å²) in [6.45, 7) is 3.46. The molecule has 0 bridgehead atoms. The molecular formula is C6H9O. The van der Waals surface area contributed by atoms with Crippen LogP contribution < -0.4 is 0 Å². The molecule has 0 N–H and O–H groups in total. The van der Waals surface area contributed by atoms with Crippen molar-refractivity contribution in [1.29, 1.82) is 0 Å². The average molecular weight is 97.1 g/mol. The van der Waals surface area contributed by atoms with E-state index in [0.29, 0.717) is 0 Å². The molecule has 0 saturated heterocycles. The zero-order valence-corrected chi connectivity index (χ0v) is 4.69. The molecule has 0 fully saturated rings. The Balaban J connectivity index is 3.26. The van der Waals surface area contributed by atoms with E-state index in [2.05, 4.69) is 6.08 Å². The Hall–Kier alpha value is -0.590. The number of hydrogen-bond donors (Lipinski definition) is 0. The second-order valence-electron chi connectivity index (χ2n) is 1.31. The Labute approximate surface area is 44.0 Å². The molecule has 7 heavy (non-hydrogen) atoms. The fraction of sp³-hybridized carbons (Fsp3) is 0.500. The van der Waals surface area contributed by atoms with Crippen molar-refractivity contribution in [2.75, 3.05) is 0 Å². The van der Waals surface area contributed by atoms with Crippen molar-refractivity contribution in [3.63, 3.8) is 0 Å². The summed E-state index contributed by atoms with van der Waals surface area (Å²) in [4.78, 5) is 10.1. The van der Waals surface area contributed by atoms with E-state index < -0.39 is 0 Å². The third-order valence-corrected chi connectivity index (χ3v) is 0.509. The second kappa shape index (κ2) is 3.59. The Morgan fingerprint density at radius 2 is 2.43 bits per heavy atom. The highest BCUT2D eigenvalue weighted by atomic mass is 16.1. The highest BCUT2D eigenvalue weighted by Gasteiger charge is 1.76. The van der Waals surface area contributed by atoms with E-state index in [9.17, 15) is 4.79 Å². The molecule has 1 nitrogen and oxygen atoms in total. The van der Waals surface area contributed by atoms with Crippen molar-refractivity contribution in [3.8, 4) is 0 Å². The van der Waals surface area contributed by atoms with Crippen LogP contribution in [0.1, 0.15) is 20.3 Å². The predicted octanol–water partition coefficient (Wildman–Crippen LogP) is 1.34. The Morgan fingerprint density at radius 3 is 2.57 bits per heavy atom. The highest BCUT2D eigenvalue weighted by Crippen LogP contribution is 1.76. The van der Waals surface area contributed by atoms with Crippen molar-refractivity contribution < 1.29 is 4.79 Å². The number of rotatable bonds is 2. The Morgan fingerprint density at radius 1 is 1.86 bits per heavy atom. The second-order valence-corrected chi connectivity index (χ2v) is 1.31. The summed E-state index contributed by atoms with van der Waals surface area (Å²) in [6.07, 6.45) is 5.05. The summed E-state index contributed by atoms with van der Waals surface area (Å²) in [5.41, 5.74) is 0. The van der Waals surface area contributed by atoms with Crippen molar-refractivity contribution in [3.05, 3.63) is 12.2 Å². The maximum Gasteiger partial charge on any atom is 0.152 e. The summed E-state index contributed by atoms with van der Waals surface area (Å²) >= 11 is 0. The van der Waals surface area contributed by atoms with Crippen LogP contribution in [-0.2, 0) is 4.79 Å². The van der Waals surface area contributed by atoms with E-state index in [1.807, 2.05) is 6.92 Å². The molecule has 0 rings (SSSR count). The van der Waals surface area contributed by atoms with Crippen molar-refractivity contribution in [2.45, 2.75) is 20.3 Å². The highest BCUT2D eigenvalue weighted by molar-refractivity contribution is 5.86. The predicted molar refractivity (Wildman–Crippen MR) is 28.8 cm³/mol. The lowest BCUT2D eigenvalue weighted by molar-refractivity contribution is -0.112. The van der Waals surface area contributed by atoms with Crippen LogP contribution in [0, 0.1) is 6.08 Å². The first-order valence-corrected chi connectivity index (χ1v) is 2.34. The molecule has 0 aromatic rings. The Bertz CT molecular complexity index is 82.2. The first-order valence-electron chi connectivity index (χ1n) is 2.34. The molecular weight excluding hydrogens is 88.1 g/mol. The van der Waals surface area contributed by atoms with Crippen molar-refractivity contribution in [1.82, 2.24) is 0 Å². The maximum absolute atomic E-state index is 10.1. The molecule has 0 aliphatic rings. The first kappa shape index (κ1) is 6.41. The fourth-order valence-electron chi connectivity index (χ4n) is 0.246. The van der Waals surface area contributed by atoms with Gasteiger partial charge >= 0.3 is 0 Å². The molecule has 0 spiro atoms. The number of allylic oxidation sites excluding steroid dienone is 2. The maximum atomic E-state index is 10.1. The largest absolute Gasteiger partial charge is 0.295 e. The number of carbonyl (C=O) groups excluding carboxylic acids is 1. The summed E-state index contributed by atoms with van der Waals surface area (Å²) in [7, 11) is 0. The summed E-state index contributed by atoms with van der Waals surface area (Å²) < 4.78 is 0. The van der Waals surface area contributed by atoms with E-state index in [0.717, 1.165) is 6.42 Å². The van der Waals surface area contributed by atoms with Gasteiger partial charge in [-0.25, -0.2) is 0 Å². The summed E-state index contributed by atoms with van der Waals surface area (Å²) in [5, 5.41) is 0. The van der Waals surface area contributed by atoms with E-state index in [4.69, 9.17) is 0 Å². The average Bonchev–Trinajstić information content (AvgIpc) is 1.61. The van der Waals surface area contributed by atoms with Crippen LogP contribution in [0.3, 0.4) is 0 Å². The van der Waals surface area contributed by atoms with Gasteiger partial charge in [-0.3, -0.25) is 4.79 Å². The van der Waals surface area contributed by atoms with Crippen molar-refractivity contribution >= 4 is 5.78 Å². The van der Waals surface area contributed by atoms with Gasteiger partial charge in [0.2, 0.25) is 0 Å². The number of ketones is 1. The van der Waals surface area contributed by atoms with Gasteiger partial charge in [0.25, 0.3) is 0 Å². The molecule has 0 unspecified atom stereocenters. The van der Waals surface area contributed by atoms with E-state index in [1.54, 1.807) is 0 Å². The van der Waals surface area contributed by atoms with Crippen LogP contribution in [0.4, 0.5) is 0 Å². The SMILES string of the molecule is CC/[C]=C/C(C)=O. The molecule has 0 atom stereocenters. The van der Waals surface area contributed by atoms with Crippen LogP contribution in [0.5, 0.6) is 0 Å². The van der Waals surface area contributed by atoms with Gasteiger partial charge in [0.05, 0.1) is 0 Å². The molecule has 0 amide bonds. The summed E-state index contributed by atoms with van der Waals surface area (Å²) in [5.74, 6) is 0.0712. The van der Waals surface area contributed by atoms with Crippen LogP contribution in [0.2, 0.25) is 0 Å². The normalized spacial score (nSPS) is 10.0. The molecule has 0 aliphatic heterocycles. The van der Waals surface area contributed by atoms with Gasteiger partial charge in [0, 0.05) is 0 Å². The Kier molecular flexibility index (Phi) is 3.29. The van der Waals surface area contributed by atoms with E-state index in [1.165, 1.54) is 13.0 Å². The van der Waals surface area contributed by atoms with Crippen LogP contribution in [0.25, 0.3) is 0 Å². The van der Waals surface area contributed by atoms with Crippen LogP contribution in [0.15, 0.2) is 6.08 Å². The monoisotopic (exact) mass is 97.1 g/mol. The minimum absolute atomic E-state index is 0.0712. The standard InChI is InChI=1S/C6H9O/c1-3-4-5-6(2)7/h5H,3H2,1-2H3. The molecule has 39 valence electrons. The number of carbonyl (C=O) groups is 1. The van der Waals surface area contributed by atoms with E-state index >= 15 is 0 Å². The first-order chi connectivity index (χ1) is 3.27. The molecule has 0 aliphatic carbocycles. The topological polar surface area (TPSA) is 17.1 Å². The van der Waals surface area contributed by atoms with Crippen molar-refractivity contribution in [2.24, 2.45) is 0 Å². The smallest absolute Gasteiger partial charge is 0.152 e. The molecule has 1 radical (unpaired) electrons. The van der Waals surface area contributed by atoms with Gasteiger partial charge in [-0.1, -0.05) is 6.92 Å². The van der Waals surface area contributed by atoms with Gasteiger partial charge < -0.3 is 0 Å². The van der Waals surface area contributed by atoms with Gasteiger partial charge in [0.15, 0.2) is 5.78 Å². The zero-order chi connectivity index (χ0) is 5.70. The summed E-state index contributed by atoms with van der Waals surface area (Å²) in [6, 6.07) is 0.